The summed E-state index contributed by atoms with van der Waals surface area (Å²) in [4.78, 5) is 43.9. The van der Waals surface area contributed by atoms with Gasteiger partial charge in [0.2, 0.25) is 11.8 Å². The lowest BCUT2D eigenvalue weighted by Gasteiger charge is -2.23. The molecule has 0 aliphatic carbocycles. The number of nitrogens with one attached hydrogen (secondary N) is 3. The Kier molecular flexibility index (Phi) is 5.36. The van der Waals surface area contributed by atoms with Gasteiger partial charge in [-0.15, -0.1) is 0 Å². The first-order valence-electron chi connectivity index (χ1n) is 8.11. The van der Waals surface area contributed by atoms with Crippen LogP contribution in [0.3, 0.4) is 0 Å². The van der Waals surface area contributed by atoms with Crippen LogP contribution in [-0.4, -0.2) is 27.5 Å². The smallest absolute Gasteiger partial charge is 0.257 e. The van der Waals surface area contributed by atoms with Crippen LogP contribution < -0.4 is 16.2 Å². The topological polar surface area (TPSA) is 104 Å². The van der Waals surface area contributed by atoms with Crippen molar-refractivity contribution < 1.29 is 14.0 Å². The van der Waals surface area contributed by atoms with Gasteiger partial charge in [0.05, 0.1) is 11.5 Å². The summed E-state index contributed by atoms with van der Waals surface area (Å²) >= 11 is 1.36. The van der Waals surface area contributed by atoms with Crippen molar-refractivity contribution in [2.45, 2.75) is 30.8 Å². The number of fused-ring (bicyclic) bond motifs is 1. The fourth-order valence-electron chi connectivity index (χ4n) is 2.64. The van der Waals surface area contributed by atoms with Crippen LogP contribution in [0.25, 0.3) is 0 Å². The summed E-state index contributed by atoms with van der Waals surface area (Å²) in [6, 6.07) is 5.40. The molecule has 1 atom stereocenters. The van der Waals surface area contributed by atoms with Crippen molar-refractivity contribution in [2.75, 3.05) is 16.4 Å². The third-order valence-electron chi connectivity index (χ3n) is 3.78. The van der Waals surface area contributed by atoms with E-state index >= 15 is 0 Å². The Hall–Kier alpha value is -2.68. The van der Waals surface area contributed by atoms with Crippen molar-refractivity contribution >= 4 is 35.1 Å². The summed E-state index contributed by atoms with van der Waals surface area (Å²) < 4.78 is 13.3. The number of carbonyl (C=O) groups excluding carboxylic acids is 2. The van der Waals surface area contributed by atoms with Crippen molar-refractivity contribution in [3.63, 3.8) is 0 Å². The van der Waals surface area contributed by atoms with E-state index in [-0.39, 0.29) is 23.5 Å². The molecule has 1 aromatic carbocycles. The molecule has 26 heavy (non-hydrogen) atoms. The third-order valence-corrected chi connectivity index (χ3v) is 4.86. The van der Waals surface area contributed by atoms with Gasteiger partial charge in [0, 0.05) is 17.9 Å². The molecule has 2 amide bonds. The maximum absolute atomic E-state index is 13.3. The highest BCUT2D eigenvalue weighted by molar-refractivity contribution is 7.99. The lowest BCUT2D eigenvalue weighted by atomic mass is 9.92. The van der Waals surface area contributed by atoms with Gasteiger partial charge >= 0.3 is 0 Å². The summed E-state index contributed by atoms with van der Waals surface area (Å²) in [5, 5.41) is 5.49. The van der Waals surface area contributed by atoms with E-state index < -0.39 is 29.1 Å². The number of aromatic nitrogens is 2. The number of nitrogens with zero attached hydrogens (tertiary/aromatic N) is 1. The predicted molar refractivity (Wildman–Crippen MR) is 96.9 cm³/mol. The minimum atomic E-state index is -0.997. The van der Waals surface area contributed by atoms with Gasteiger partial charge in [0.25, 0.3) is 5.56 Å². The second-order valence-electron chi connectivity index (χ2n) is 5.79. The Labute approximate surface area is 152 Å². The Bertz CT molecular complexity index is 915. The molecule has 9 heteroatoms. The van der Waals surface area contributed by atoms with Crippen LogP contribution in [0.5, 0.6) is 0 Å². The van der Waals surface area contributed by atoms with E-state index in [0.29, 0.717) is 5.16 Å². The number of carbonyl (C=O) groups is 2. The minimum absolute atomic E-state index is 0.1000. The Morgan fingerprint density at radius 3 is 2.96 bits per heavy atom. The molecule has 136 valence electrons. The molecule has 0 unspecified atom stereocenters. The van der Waals surface area contributed by atoms with Crippen LogP contribution in [0.1, 0.15) is 31.2 Å². The van der Waals surface area contributed by atoms with Crippen molar-refractivity contribution in [1.29, 1.82) is 0 Å². The summed E-state index contributed by atoms with van der Waals surface area (Å²) in [7, 11) is 0. The molecular formula is C17H17FN4O3S. The first-order chi connectivity index (χ1) is 12.5. The molecule has 2 aromatic rings. The average Bonchev–Trinajstić information content (AvgIpc) is 2.58. The molecule has 7 nitrogen and oxygen atoms in total. The largest absolute Gasteiger partial charge is 0.325 e. The zero-order valence-electron chi connectivity index (χ0n) is 14.0. The van der Waals surface area contributed by atoms with Crippen LogP contribution >= 0.6 is 11.8 Å². The Balaban J connectivity index is 1.91. The highest BCUT2D eigenvalue weighted by Gasteiger charge is 2.34. The van der Waals surface area contributed by atoms with Crippen molar-refractivity contribution in [3.8, 4) is 0 Å². The van der Waals surface area contributed by atoms with Gasteiger partial charge < -0.3 is 15.6 Å². The van der Waals surface area contributed by atoms with Crippen molar-refractivity contribution in [2.24, 2.45) is 0 Å². The first kappa shape index (κ1) is 18.1. The number of rotatable bonds is 5. The molecule has 0 radical (unpaired) electrons. The number of hydrogen-bond donors (Lipinski definition) is 3. The number of hydrogen-bond acceptors (Lipinski definition) is 5. The van der Waals surface area contributed by atoms with Gasteiger partial charge in [-0.1, -0.05) is 24.8 Å². The number of aromatic amines is 1. The van der Waals surface area contributed by atoms with Gasteiger partial charge in [-0.05, 0) is 24.6 Å². The fraction of sp³-hybridized carbons (Fsp3) is 0.294. The number of H-pyrrole nitrogens is 1. The molecule has 1 aliphatic rings. The number of amides is 2. The maximum atomic E-state index is 13.3. The fourth-order valence-corrected chi connectivity index (χ4v) is 3.36. The van der Waals surface area contributed by atoms with E-state index in [1.807, 2.05) is 6.92 Å². The van der Waals surface area contributed by atoms with Crippen LogP contribution in [0.4, 0.5) is 15.9 Å². The molecule has 1 aliphatic heterocycles. The third kappa shape index (κ3) is 3.93. The highest BCUT2D eigenvalue weighted by atomic mass is 32.2. The first-order valence-corrected chi connectivity index (χ1v) is 9.09. The average molecular weight is 376 g/mol. The molecule has 3 rings (SSSR count). The van der Waals surface area contributed by atoms with Crippen LogP contribution in [0.2, 0.25) is 0 Å². The SMILES string of the molecule is CCCSc1nc2c(c(=O)[nH]1)[C@@H](C(=O)Nc1cccc(F)c1)CC(=O)N2. The minimum Gasteiger partial charge on any atom is -0.325 e. The van der Waals surface area contributed by atoms with Gasteiger partial charge in [-0.2, -0.15) is 0 Å². The van der Waals surface area contributed by atoms with Crippen LogP contribution in [0, 0.1) is 5.82 Å². The van der Waals surface area contributed by atoms with Crippen molar-refractivity contribution in [1.82, 2.24) is 9.97 Å². The summed E-state index contributed by atoms with van der Waals surface area (Å²) in [5.41, 5.74) is -0.102. The molecule has 0 saturated carbocycles. The van der Waals surface area contributed by atoms with E-state index in [0.717, 1.165) is 18.2 Å². The van der Waals surface area contributed by atoms with Crippen molar-refractivity contribution in [3.05, 3.63) is 46.0 Å². The zero-order valence-corrected chi connectivity index (χ0v) is 14.8. The van der Waals surface area contributed by atoms with E-state index in [4.69, 9.17) is 0 Å². The molecule has 0 saturated heterocycles. The molecule has 1 aromatic heterocycles. The Morgan fingerprint density at radius 1 is 1.42 bits per heavy atom. The zero-order chi connectivity index (χ0) is 18.7. The number of thioether (sulfide) groups is 1. The van der Waals surface area contributed by atoms with E-state index in [1.54, 1.807) is 0 Å². The Morgan fingerprint density at radius 2 is 2.23 bits per heavy atom. The molecule has 0 spiro atoms. The standard InChI is InChI=1S/C17H17FN4O3S/c1-2-6-26-17-21-14-13(16(25)22-17)11(8-12(23)20-14)15(24)19-10-5-3-4-9(18)7-10/h3-5,7,11H,2,6,8H2,1H3,(H,19,24)(H2,20,21,22,23,25)/t11-/m0/s1. The summed E-state index contributed by atoms with van der Waals surface area (Å²) in [6.07, 6.45) is 0.719. The second-order valence-corrected chi connectivity index (χ2v) is 6.87. The summed E-state index contributed by atoms with van der Waals surface area (Å²) in [6.45, 7) is 2.00. The van der Waals surface area contributed by atoms with Gasteiger partial charge in [-0.3, -0.25) is 14.4 Å². The second kappa shape index (κ2) is 7.69. The molecule has 3 N–H and O–H groups in total. The van der Waals surface area contributed by atoms with Crippen LogP contribution in [-0.2, 0) is 9.59 Å². The van der Waals surface area contributed by atoms with E-state index in [2.05, 4.69) is 20.6 Å². The van der Waals surface area contributed by atoms with Gasteiger partial charge in [0.15, 0.2) is 5.16 Å². The quantitative estimate of drug-likeness (QED) is 0.549. The van der Waals surface area contributed by atoms with E-state index in [1.165, 1.54) is 30.0 Å². The molecule has 0 fully saturated rings. The predicted octanol–water partition coefficient (Wildman–Crippen LogP) is 2.48. The van der Waals surface area contributed by atoms with Gasteiger partial charge in [-0.25, -0.2) is 9.37 Å². The monoisotopic (exact) mass is 376 g/mol. The number of halogens is 1. The number of benzene rings is 1. The highest BCUT2D eigenvalue weighted by Crippen LogP contribution is 2.30. The van der Waals surface area contributed by atoms with Gasteiger partial charge in [0.1, 0.15) is 11.6 Å². The molecule has 0 bridgehead atoms. The summed E-state index contributed by atoms with van der Waals surface area (Å²) in [5.74, 6) is -1.60. The normalized spacial score (nSPS) is 15.9. The van der Waals surface area contributed by atoms with Crippen LogP contribution in [0.15, 0.2) is 34.2 Å². The molecule has 2 heterocycles. The molecular weight excluding hydrogens is 359 g/mol. The lowest BCUT2D eigenvalue weighted by molar-refractivity contribution is -0.123. The maximum Gasteiger partial charge on any atom is 0.257 e. The van der Waals surface area contributed by atoms with E-state index in [9.17, 15) is 18.8 Å². The number of anilines is 2. The lowest BCUT2D eigenvalue weighted by Crippen LogP contribution is -2.36.